The van der Waals surface area contributed by atoms with Gasteiger partial charge in [0.25, 0.3) is 0 Å². The van der Waals surface area contributed by atoms with E-state index in [0.29, 0.717) is 5.92 Å². The topological polar surface area (TPSA) is 0 Å². The molecule has 2 aliphatic rings. The van der Waals surface area contributed by atoms with Gasteiger partial charge < -0.3 is 0 Å². The Morgan fingerprint density at radius 2 is 1.02 bits per heavy atom. The predicted octanol–water partition coefficient (Wildman–Crippen LogP) is 14.6. The minimum atomic E-state index is -5.31. The van der Waals surface area contributed by atoms with Gasteiger partial charge in [0.15, 0.2) is 0 Å². The molecule has 0 radical (unpaired) electrons. The van der Waals surface area contributed by atoms with E-state index in [1.807, 2.05) is 0 Å². The van der Waals surface area contributed by atoms with E-state index in [0.717, 1.165) is 19.3 Å². The van der Waals surface area contributed by atoms with Gasteiger partial charge in [-0.05, 0) is 0 Å². The Bertz CT molecular complexity index is 2290. The second-order valence-electron chi connectivity index (χ2n) is 23.5. The van der Waals surface area contributed by atoms with Gasteiger partial charge in [-0.15, -0.1) is 24.8 Å². The molecule has 0 saturated carbocycles. The van der Waals surface area contributed by atoms with E-state index in [-0.39, 0.29) is 51.9 Å². The fourth-order valence-electron chi connectivity index (χ4n) is 10.6. The number of hydrogen-bond acceptors (Lipinski definition) is 0. The standard InChI is InChI=1S/C29H41.C12H19.2C7H7.CH2.2ClH.Zr/c1-26(2,3)22-14-18-13-19-15-23(27(4,5)6)25(29(10,11)12)17-21(19)20(18)16-24(22)28(7,8)9;1-5-6-10-7-8-11(9-10)12(2,3)4;2*1-7-5-3-2-4-6-7;;;;/h14,16-17H,13H2,1-12H3;8-10H,5-6H2,1-4H3;2*3-6H,1H3;1H2;2*1H;. The minimum absolute atomic E-state index is 0. The molecule has 2 aliphatic carbocycles. The van der Waals surface area contributed by atoms with Crippen LogP contribution in [0.2, 0.25) is 0 Å². The molecule has 320 valence electrons. The molecule has 4 aromatic carbocycles. The first-order valence-electron chi connectivity index (χ1n) is 22.0. The van der Waals surface area contributed by atoms with Crippen LogP contribution in [-0.2, 0) is 46.4 Å². The third-order valence-electron chi connectivity index (χ3n) is 13.6. The van der Waals surface area contributed by atoms with Gasteiger partial charge in [-0.1, -0.05) is 0 Å². The van der Waals surface area contributed by atoms with Crippen LogP contribution in [0.15, 0.2) is 87.7 Å². The quantitative estimate of drug-likeness (QED) is 0.159. The maximum absolute atomic E-state index is 6.16. The van der Waals surface area contributed by atoms with Crippen molar-refractivity contribution in [3.05, 3.63) is 132 Å². The van der Waals surface area contributed by atoms with Crippen LogP contribution in [-0.4, -0.2) is 4.21 Å². The SMILES string of the molecule is Cl.Cl.[CH2]=[Zr]([C]1=CC(C(C)(C)C)=CC1CCC)([c]1ccc(C)cc1)([c]1ccc(C)cc1)[c]1c2c(cc(C(C)(C)C)c1C(C)(C)C)-c1cc(C(C)(C)C)c(C(C)(C)C)cc1C2. The first-order valence-corrected chi connectivity index (χ1v) is 28.7. The van der Waals surface area contributed by atoms with E-state index >= 15 is 0 Å². The molecule has 1 atom stereocenters. The van der Waals surface area contributed by atoms with Crippen LogP contribution in [0.1, 0.15) is 168 Å². The average molecular weight is 913 g/mol. The van der Waals surface area contributed by atoms with Gasteiger partial charge in [0.05, 0.1) is 0 Å². The molecule has 0 bridgehead atoms. The molecule has 59 heavy (non-hydrogen) atoms. The first kappa shape index (κ1) is 49.3. The van der Waals surface area contributed by atoms with Crippen molar-refractivity contribution < 1.29 is 18.3 Å². The summed E-state index contributed by atoms with van der Waals surface area (Å²) in [5, 5.41) is 0. The fraction of sp³-hybridized carbons (Fsp3) is 0.482. The van der Waals surface area contributed by atoms with Crippen molar-refractivity contribution in [3.63, 3.8) is 0 Å². The van der Waals surface area contributed by atoms with Gasteiger partial charge in [0.2, 0.25) is 0 Å². The van der Waals surface area contributed by atoms with E-state index in [2.05, 4.69) is 204 Å². The molecule has 1 unspecified atom stereocenters. The predicted molar refractivity (Wildman–Crippen MR) is 266 cm³/mol. The zero-order valence-electron chi connectivity index (χ0n) is 40.2. The van der Waals surface area contributed by atoms with Gasteiger partial charge in [0.1, 0.15) is 0 Å². The van der Waals surface area contributed by atoms with Gasteiger partial charge in [-0.2, -0.15) is 0 Å². The fourth-order valence-corrected chi connectivity index (χ4v) is 28.1. The third kappa shape index (κ3) is 8.35. The van der Waals surface area contributed by atoms with Gasteiger partial charge >= 0.3 is 353 Å². The van der Waals surface area contributed by atoms with E-state index in [1.54, 1.807) is 6.55 Å². The van der Waals surface area contributed by atoms with E-state index < -0.39 is 18.3 Å². The second kappa shape index (κ2) is 16.1. The number of hydrogen-bond donors (Lipinski definition) is 0. The van der Waals surface area contributed by atoms with Crippen LogP contribution in [0.5, 0.6) is 0 Å². The van der Waals surface area contributed by atoms with E-state index in [4.69, 9.17) is 4.21 Å². The maximum atomic E-state index is 6.16. The van der Waals surface area contributed by atoms with Crippen LogP contribution in [0.4, 0.5) is 0 Å². The molecule has 0 N–H and O–H groups in total. The molecule has 3 heteroatoms. The Labute approximate surface area is 374 Å². The first-order chi connectivity index (χ1) is 26.0. The molecule has 0 amide bonds. The Kier molecular flexibility index (Phi) is 13.5. The zero-order valence-corrected chi connectivity index (χ0v) is 44.3. The summed E-state index contributed by atoms with van der Waals surface area (Å²) in [5.41, 5.74) is 15.7. The Morgan fingerprint density at radius 1 is 0.576 bits per heavy atom. The molecule has 4 aromatic rings. The molecule has 0 spiro atoms. The Morgan fingerprint density at radius 3 is 1.42 bits per heavy atom. The van der Waals surface area contributed by atoms with E-state index in [1.165, 1.54) is 67.8 Å². The van der Waals surface area contributed by atoms with Gasteiger partial charge in [-0.3, -0.25) is 0 Å². The van der Waals surface area contributed by atoms with E-state index in [9.17, 15) is 0 Å². The van der Waals surface area contributed by atoms with Crippen molar-refractivity contribution in [2.45, 2.75) is 166 Å². The summed E-state index contributed by atoms with van der Waals surface area (Å²) < 4.78 is 12.3. The molecule has 0 aromatic heterocycles. The number of allylic oxidation sites excluding steroid dienone is 4. The molecule has 0 fully saturated rings. The zero-order chi connectivity index (χ0) is 42.5. The molecule has 0 heterocycles. The summed E-state index contributed by atoms with van der Waals surface area (Å²) in [6.07, 6.45) is 8.57. The normalized spacial score (nSPS) is 16.2. The van der Waals surface area contributed by atoms with Crippen molar-refractivity contribution >= 4 is 38.8 Å². The summed E-state index contributed by atoms with van der Waals surface area (Å²) in [6, 6.07) is 27.5. The van der Waals surface area contributed by atoms with Crippen molar-refractivity contribution in [1.29, 1.82) is 0 Å². The molecule has 0 nitrogen and oxygen atoms in total. The molecule has 0 saturated heterocycles. The van der Waals surface area contributed by atoms with Crippen LogP contribution >= 0.6 is 24.8 Å². The summed E-state index contributed by atoms with van der Waals surface area (Å²) in [4.78, 5) is 0. The third-order valence-corrected chi connectivity index (χ3v) is 30.0. The van der Waals surface area contributed by atoms with Crippen molar-refractivity contribution in [1.82, 2.24) is 0 Å². The average Bonchev–Trinajstić information content (AvgIpc) is 3.68. The summed E-state index contributed by atoms with van der Waals surface area (Å²) in [5.74, 6) is 0.320. The monoisotopic (exact) mass is 910 g/mol. The van der Waals surface area contributed by atoms with Crippen LogP contribution < -0.4 is 9.81 Å². The number of halogens is 2. The summed E-state index contributed by atoms with van der Waals surface area (Å²) in [7, 11) is 0. The Balaban J connectivity index is 0.00000384. The number of rotatable bonds is 6. The van der Waals surface area contributed by atoms with Gasteiger partial charge in [-0.25, -0.2) is 0 Å². The van der Waals surface area contributed by atoms with Crippen LogP contribution in [0.3, 0.4) is 0 Å². The molecular weight excluding hydrogens is 835 g/mol. The van der Waals surface area contributed by atoms with Gasteiger partial charge in [0, 0.05) is 0 Å². The van der Waals surface area contributed by atoms with Crippen LogP contribution in [0.25, 0.3) is 11.1 Å². The van der Waals surface area contributed by atoms with Crippen LogP contribution in [0, 0.1) is 25.2 Å². The Hall–Kier alpha value is -2.31. The molecule has 0 aliphatic heterocycles. The number of aryl methyl sites for hydroxylation is 2. The van der Waals surface area contributed by atoms with Crippen molar-refractivity contribution in [2.24, 2.45) is 11.3 Å². The van der Waals surface area contributed by atoms with Crippen molar-refractivity contribution in [2.75, 3.05) is 0 Å². The summed E-state index contributed by atoms with van der Waals surface area (Å²) in [6.45, 7) is 43.3. The summed E-state index contributed by atoms with van der Waals surface area (Å²) >= 11 is -5.31. The number of fused-ring (bicyclic) bond motifs is 3. The van der Waals surface area contributed by atoms with Crippen molar-refractivity contribution in [3.8, 4) is 11.1 Å². The molecule has 6 rings (SSSR count). The second-order valence-corrected chi connectivity index (χ2v) is 36.1. The number of benzene rings is 4. The molecular formula is C56H78Cl2Zr.